The molecule has 0 aliphatic rings. The summed E-state index contributed by atoms with van der Waals surface area (Å²) in [4.78, 5) is 31.1. The maximum atomic E-state index is 12.9. The molecule has 1 unspecified atom stereocenters. The fraction of sp³-hybridized carbons (Fsp3) is 0.281. The minimum atomic E-state index is -1.82. The highest BCUT2D eigenvalue weighted by Gasteiger charge is 2.10. The SMILES string of the molecule is COc1ccc(OCC(O)CNCCCOc2ccc(-c3cc4ccc(OC)cc4c(=O)n3C)cc2)cc1.O=C(O)C(=O)O. The molecule has 0 spiro atoms. The lowest BCUT2D eigenvalue weighted by molar-refractivity contribution is -0.159. The Hall–Kier alpha value is -5.07. The molecule has 12 nitrogen and oxygen atoms in total. The van der Waals surface area contributed by atoms with E-state index in [-0.39, 0.29) is 12.2 Å². The molecule has 234 valence electrons. The highest BCUT2D eigenvalue weighted by Crippen LogP contribution is 2.26. The molecule has 12 heteroatoms. The Balaban J connectivity index is 0.000000801. The molecule has 0 aliphatic heterocycles. The molecule has 0 bridgehead atoms. The van der Waals surface area contributed by atoms with Gasteiger partial charge in [0, 0.05) is 13.6 Å². The van der Waals surface area contributed by atoms with Crippen LogP contribution in [0.5, 0.6) is 23.0 Å². The van der Waals surface area contributed by atoms with Crippen molar-refractivity contribution in [1.82, 2.24) is 9.88 Å². The number of methoxy groups -OCH3 is 2. The van der Waals surface area contributed by atoms with Crippen molar-refractivity contribution in [3.05, 3.63) is 83.2 Å². The van der Waals surface area contributed by atoms with Gasteiger partial charge in [0.1, 0.15) is 35.7 Å². The van der Waals surface area contributed by atoms with E-state index in [4.69, 9.17) is 38.7 Å². The average Bonchev–Trinajstić information content (AvgIpc) is 3.04. The molecule has 0 fully saturated rings. The van der Waals surface area contributed by atoms with Gasteiger partial charge in [-0.15, -0.1) is 0 Å². The molecule has 1 atom stereocenters. The second-order valence-corrected chi connectivity index (χ2v) is 9.53. The van der Waals surface area contributed by atoms with Crippen molar-refractivity contribution in [2.75, 3.05) is 40.5 Å². The van der Waals surface area contributed by atoms with E-state index in [1.165, 1.54) is 0 Å². The Morgan fingerprint density at radius 1 is 0.818 bits per heavy atom. The molecule has 0 radical (unpaired) electrons. The molecule has 4 N–H and O–H groups in total. The van der Waals surface area contributed by atoms with Crippen molar-refractivity contribution in [3.63, 3.8) is 0 Å². The number of aliphatic hydroxyl groups is 1. The summed E-state index contributed by atoms with van der Waals surface area (Å²) in [5.41, 5.74) is 1.70. The maximum absolute atomic E-state index is 12.9. The summed E-state index contributed by atoms with van der Waals surface area (Å²) in [5.74, 6) is -0.778. The van der Waals surface area contributed by atoms with Gasteiger partial charge in [-0.1, -0.05) is 6.07 Å². The Kier molecular flexibility index (Phi) is 12.6. The number of carboxylic acids is 2. The standard InChI is InChI=1S/C30H34N2O6.C2H2O4/c1-32-29(17-22-7-10-27(36-3)18-28(22)30(32)34)21-5-8-25(9-6-21)37-16-4-15-31-19-23(33)20-38-26-13-11-24(35-2)12-14-26;3-1(4)2(5)6/h5-14,17-18,23,31,33H,4,15-16,19-20H2,1-3H3;(H,3,4)(H,5,6). The number of aliphatic carboxylic acids is 2. The smallest absolute Gasteiger partial charge is 0.414 e. The van der Waals surface area contributed by atoms with Crippen molar-refractivity contribution in [2.24, 2.45) is 7.05 Å². The molecule has 1 aromatic heterocycles. The topological polar surface area (TPSA) is 166 Å². The Morgan fingerprint density at radius 2 is 1.39 bits per heavy atom. The van der Waals surface area contributed by atoms with Gasteiger partial charge < -0.3 is 44.2 Å². The average molecular weight is 609 g/mol. The molecular formula is C32H36N2O10. The van der Waals surface area contributed by atoms with Crippen molar-refractivity contribution < 1.29 is 43.9 Å². The van der Waals surface area contributed by atoms with Crippen LogP contribution in [-0.2, 0) is 16.6 Å². The fourth-order valence-electron chi connectivity index (χ4n) is 4.09. The number of nitrogens with one attached hydrogen (secondary N) is 1. The van der Waals surface area contributed by atoms with Crippen LogP contribution in [0.2, 0.25) is 0 Å². The van der Waals surface area contributed by atoms with Gasteiger partial charge in [0.15, 0.2) is 0 Å². The van der Waals surface area contributed by atoms with Gasteiger partial charge in [-0.2, -0.15) is 0 Å². The Morgan fingerprint density at radius 3 is 2.00 bits per heavy atom. The number of hydrogen-bond acceptors (Lipinski definition) is 9. The van der Waals surface area contributed by atoms with Gasteiger partial charge in [0.25, 0.3) is 5.56 Å². The molecule has 44 heavy (non-hydrogen) atoms. The number of rotatable bonds is 13. The van der Waals surface area contributed by atoms with Gasteiger partial charge in [-0.05, 0) is 90.6 Å². The zero-order valence-electron chi connectivity index (χ0n) is 24.7. The molecular weight excluding hydrogens is 572 g/mol. The van der Waals surface area contributed by atoms with E-state index in [1.54, 1.807) is 31.9 Å². The summed E-state index contributed by atoms with van der Waals surface area (Å²) in [6, 6.07) is 22.5. The summed E-state index contributed by atoms with van der Waals surface area (Å²) in [5, 5.41) is 29.6. The predicted molar refractivity (Wildman–Crippen MR) is 164 cm³/mol. The first-order valence-electron chi connectivity index (χ1n) is 13.7. The Labute approximate surface area is 254 Å². The summed E-state index contributed by atoms with van der Waals surface area (Å²) >= 11 is 0. The van der Waals surface area contributed by atoms with Crippen LogP contribution in [0.15, 0.2) is 77.6 Å². The number of ether oxygens (including phenoxy) is 4. The molecule has 0 saturated carbocycles. The molecule has 0 saturated heterocycles. The third-order valence-corrected chi connectivity index (χ3v) is 6.43. The van der Waals surface area contributed by atoms with Crippen molar-refractivity contribution in [1.29, 1.82) is 0 Å². The van der Waals surface area contributed by atoms with Crippen LogP contribution < -0.4 is 29.8 Å². The molecule has 1 heterocycles. The van der Waals surface area contributed by atoms with Gasteiger partial charge in [0.2, 0.25) is 0 Å². The first-order chi connectivity index (χ1) is 21.1. The van der Waals surface area contributed by atoms with Crippen molar-refractivity contribution in [2.45, 2.75) is 12.5 Å². The third kappa shape index (κ3) is 9.75. The maximum Gasteiger partial charge on any atom is 0.414 e. The summed E-state index contributed by atoms with van der Waals surface area (Å²) in [6.07, 6.45) is 0.176. The fourth-order valence-corrected chi connectivity index (χ4v) is 4.09. The zero-order valence-corrected chi connectivity index (χ0v) is 24.7. The number of nitrogens with zero attached hydrogens (tertiary/aromatic N) is 1. The number of hydrogen-bond donors (Lipinski definition) is 4. The van der Waals surface area contributed by atoms with Gasteiger partial charge >= 0.3 is 11.9 Å². The minimum absolute atomic E-state index is 0.0679. The number of carboxylic acid groups (broad SMARTS) is 2. The van der Waals surface area contributed by atoms with Crippen LogP contribution in [0.25, 0.3) is 22.0 Å². The largest absolute Gasteiger partial charge is 0.497 e. The van der Waals surface area contributed by atoms with Gasteiger partial charge in [-0.25, -0.2) is 9.59 Å². The highest BCUT2D eigenvalue weighted by molar-refractivity contribution is 6.27. The van der Waals surface area contributed by atoms with E-state index in [2.05, 4.69) is 5.32 Å². The normalized spacial score (nSPS) is 11.2. The molecule has 0 aliphatic carbocycles. The van der Waals surface area contributed by atoms with E-state index < -0.39 is 18.0 Å². The number of benzene rings is 3. The third-order valence-electron chi connectivity index (χ3n) is 6.43. The van der Waals surface area contributed by atoms with Crippen LogP contribution in [0.1, 0.15) is 6.42 Å². The van der Waals surface area contributed by atoms with E-state index in [1.807, 2.05) is 66.7 Å². The quantitative estimate of drug-likeness (QED) is 0.130. The Bertz CT molecular complexity index is 1570. The van der Waals surface area contributed by atoms with Crippen molar-refractivity contribution in [3.8, 4) is 34.3 Å². The van der Waals surface area contributed by atoms with Crippen LogP contribution in [0, 0.1) is 0 Å². The van der Waals surface area contributed by atoms with E-state index in [0.717, 1.165) is 34.6 Å². The summed E-state index contributed by atoms with van der Waals surface area (Å²) < 4.78 is 23.5. The predicted octanol–water partition coefficient (Wildman–Crippen LogP) is 3.18. The second-order valence-electron chi connectivity index (χ2n) is 9.53. The zero-order chi connectivity index (χ0) is 32.1. The second kappa shape index (κ2) is 16.5. The molecule has 0 amide bonds. The molecule has 3 aromatic carbocycles. The van der Waals surface area contributed by atoms with Crippen molar-refractivity contribution >= 4 is 22.7 Å². The number of pyridine rings is 1. The first kappa shape index (κ1) is 33.4. The number of fused-ring (bicyclic) bond motifs is 1. The number of aromatic nitrogens is 1. The first-order valence-corrected chi connectivity index (χ1v) is 13.7. The number of carbonyl (C=O) groups is 2. The lowest BCUT2D eigenvalue weighted by Gasteiger charge is -2.14. The summed E-state index contributed by atoms with van der Waals surface area (Å²) in [6.45, 7) is 1.89. The van der Waals surface area contributed by atoms with Crippen LogP contribution in [0.4, 0.5) is 0 Å². The van der Waals surface area contributed by atoms with Crippen LogP contribution >= 0.6 is 0 Å². The van der Waals surface area contributed by atoms with E-state index >= 15 is 0 Å². The molecule has 4 aromatic rings. The lowest BCUT2D eigenvalue weighted by atomic mass is 10.1. The summed E-state index contributed by atoms with van der Waals surface area (Å²) in [7, 11) is 4.98. The molecule has 4 rings (SSSR count). The van der Waals surface area contributed by atoms with Crippen LogP contribution in [-0.4, -0.2) is 78.5 Å². The van der Waals surface area contributed by atoms with Gasteiger partial charge in [0.05, 0.1) is 31.9 Å². The monoisotopic (exact) mass is 608 g/mol. The minimum Gasteiger partial charge on any atom is -0.497 e. The lowest BCUT2D eigenvalue weighted by Crippen LogP contribution is -2.32. The van der Waals surface area contributed by atoms with E-state index in [0.29, 0.717) is 36.6 Å². The van der Waals surface area contributed by atoms with Gasteiger partial charge in [-0.3, -0.25) is 4.79 Å². The van der Waals surface area contributed by atoms with Crippen LogP contribution in [0.3, 0.4) is 0 Å². The number of aliphatic hydroxyl groups excluding tert-OH is 1. The van der Waals surface area contributed by atoms with E-state index in [9.17, 15) is 9.90 Å². The highest BCUT2D eigenvalue weighted by atomic mass is 16.5.